The Morgan fingerprint density at radius 3 is 2.60 bits per heavy atom. The van der Waals surface area contributed by atoms with Crippen molar-refractivity contribution in [1.82, 2.24) is 4.31 Å². The van der Waals surface area contributed by atoms with Crippen LogP contribution in [0.3, 0.4) is 0 Å². The van der Waals surface area contributed by atoms with Crippen molar-refractivity contribution in [2.75, 3.05) is 20.2 Å². The van der Waals surface area contributed by atoms with Crippen molar-refractivity contribution in [2.45, 2.75) is 29.9 Å². The standard InChI is InChI=1S/C13H20N2O4S/c1-19-10-4-6-11(7-5-10)20(17,18)15-8-2-3-12(14)13(16)9-15/h4-7,12-13,16H,2-3,8-9,14H2,1H3. The van der Waals surface area contributed by atoms with Gasteiger partial charge in [-0.05, 0) is 37.1 Å². The number of aliphatic hydroxyl groups excluding tert-OH is 1. The summed E-state index contributed by atoms with van der Waals surface area (Å²) in [6.07, 6.45) is 0.439. The number of ether oxygens (including phenoxy) is 1. The van der Waals surface area contributed by atoms with Gasteiger partial charge in [0, 0.05) is 19.1 Å². The number of sulfonamides is 1. The first-order chi connectivity index (χ1) is 9.45. The Hall–Kier alpha value is -1.15. The van der Waals surface area contributed by atoms with Gasteiger partial charge in [-0.3, -0.25) is 0 Å². The van der Waals surface area contributed by atoms with Crippen LogP contribution in [0.1, 0.15) is 12.8 Å². The number of methoxy groups -OCH3 is 1. The quantitative estimate of drug-likeness (QED) is 0.830. The largest absolute Gasteiger partial charge is 0.497 e. The van der Waals surface area contributed by atoms with Gasteiger partial charge in [0.05, 0.1) is 18.1 Å². The molecule has 0 aromatic heterocycles. The lowest BCUT2D eigenvalue weighted by Crippen LogP contribution is -2.42. The van der Waals surface area contributed by atoms with Gasteiger partial charge in [0.15, 0.2) is 0 Å². The highest BCUT2D eigenvalue weighted by atomic mass is 32.2. The van der Waals surface area contributed by atoms with E-state index >= 15 is 0 Å². The van der Waals surface area contributed by atoms with E-state index in [4.69, 9.17) is 10.5 Å². The van der Waals surface area contributed by atoms with Gasteiger partial charge in [0.1, 0.15) is 5.75 Å². The number of aliphatic hydroxyl groups is 1. The highest BCUT2D eigenvalue weighted by Gasteiger charge is 2.31. The van der Waals surface area contributed by atoms with Gasteiger partial charge in [-0.15, -0.1) is 0 Å². The van der Waals surface area contributed by atoms with E-state index in [-0.39, 0.29) is 17.5 Å². The molecule has 2 atom stereocenters. The smallest absolute Gasteiger partial charge is 0.243 e. The molecule has 6 nitrogen and oxygen atoms in total. The van der Waals surface area contributed by atoms with Gasteiger partial charge < -0.3 is 15.6 Å². The Morgan fingerprint density at radius 2 is 2.00 bits per heavy atom. The summed E-state index contributed by atoms with van der Waals surface area (Å²) in [6, 6.07) is 5.85. The predicted molar refractivity (Wildman–Crippen MR) is 75.0 cm³/mol. The van der Waals surface area contributed by atoms with Crippen molar-refractivity contribution in [3.63, 3.8) is 0 Å². The van der Waals surface area contributed by atoms with Gasteiger partial charge in [-0.2, -0.15) is 4.31 Å². The average molecular weight is 300 g/mol. The van der Waals surface area contributed by atoms with E-state index in [1.165, 1.54) is 23.5 Å². The van der Waals surface area contributed by atoms with E-state index in [1.54, 1.807) is 12.1 Å². The fourth-order valence-corrected chi connectivity index (χ4v) is 3.74. The average Bonchev–Trinajstić information content (AvgIpc) is 2.61. The molecule has 0 amide bonds. The molecule has 0 saturated carbocycles. The van der Waals surface area contributed by atoms with E-state index in [0.717, 1.165) is 0 Å². The van der Waals surface area contributed by atoms with Crippen LogP contribution in [-0.2, 0) is 10.0 Å². The van der Waals surface area contributed by atoms with Gasteiger partial charge in [-0.25, -0.2) is 8.42 Å². The van der Waals surface area contributed by atoms with Crippen molar-refractivity contribution in [2.24, 2.45) is 5.73 Å². The molecular weight excluding hydrogens is 280 g/mol. The summed E-state index contributed by atoms with van der Waals surface area (Å²) < 4.78 is 31.4. The molecule has 1 saturated heterocycles. The Kier molecular flexibility index (Phi) is 4.64. The first kappa shape index (κ1) is 15.2. The van der Waals surface area contributed by atoms with Crippen LogP contribution in [0.5, 0.6) is 5.75 Å². The Bertz CT molecular complexity index is 544. The molecule has 0 radical (unpaired) electrons. The summed E-state index contributed by atoms with van der Waals surface area (Å²) in [5, 5.41) is 9.87. The maximum atomic E-state index is 12.5. The summed E-state index contributed by atoms with van der Waals surface area (Å²) in [7, 11) is -2.08. The van der Waals surface area contributed by atoms with Gasteiger partial charge >= 0.3 is 0 Å². The third-order valence-electron chi connectivity index (χ3n) is 3.53. The number of β-amino-alcohol motifs (C(OH)–C–C–N with tert-alkyl or cyclic N) is 1. The summed E-state index contributed by atoms with van der Waals surface area (Å²) in [5.74, 6) is 0.599. The Balaban J connectivity index is 2.24. The monoisotopic (exact) mass is 300 g/mol. The topological polar surface area (TPSA) is 92.9 Å². The lowest BCUT2D eigenvalue weighted by molar-refractivity contribution is 0.130. The van der Waals surface area contributed by atoms with Crippen molar-refractivity contribution in [3.05, 3.63) is 24.3 Å². The number of nitrogens with two attached hydrogens (primary N) is 1. The van der Waals surface area contributed by atoms with Crippen molar-refractivity contribution in [1.29, 1.82) is 0 Å². The van der Waals surface area contributed by atoms with Crippen LogP contribution in [0, 0.1) is 0 Å². The molecule has 0 aliphatic carbocycles. The fraction of sp³-hybridized carbons (Fsp3) is 0.538. The van der Waals surface area contributed by atoms with E-state index in [1.807, 2.05) is 0 Å². The second-order valence-corrected chi connectivity index (χ2v) is 6.85. The molecule has 7 heteroatoms. The minimum atomic E-state index is -3.60. The summed E-state index contributed by atoms with van der Waals surface area (Å²) >= 11 is 0. The Labute approximate surface area is 119 Å². The summed E-state index contributed by atoms with van der Waals surface area (Å²) in [4.78, 5) is 0.195. The first-order valence-corrected chi connectivity index (χ1v) is 7.97. The third kappa shape index (κ3) is 3.12. The second kappa shape index (κ2) is 6.09. The molecular formula is C13H20N2O4S. The number of hydrogen-bond acceptors (Lipinski definition) is 5. The van der Waals surface area contributed by atoms with Gasteiger partial charge in [0.2, 0.25) is 10.0 Å². The van der Waals surface area contributed by atoms with Crippen LogP contribution in [0.2, 0.25) is 0 Å². The zero-order chi connectivity index (χ0) is 14.8. The molecule has 1 fully saturated rings. The highest BCUT2D eigenvalue weighted by molar-refractivity contribution is 7.89. The lowest BCUT2D eigenvalue weighted by Gasteiger charge is -2.23. The lowest BCUT2D eigenvalue weighted by atomic mass is 10.1. The van der Waals surface area contributed by atoms with Gasteiger partial charge in [-0.1, -0.05) is 0 Å². The van der Waals surface area contributed by atoms with Crippen molar-refractivity contribution < 1.29 is 18.3 Å². The number of nitrogens with zero attached hydrogens (tertiary/aromatic N) is 1. The zero-order valence-corrected chi connectivity index (χ0v) is 12.2. The number of hydrogen-bond donors (Lipinski definition) is 2. The molecule has 1 aliphatic rings. The van der Waals surface area contributed by atoms with E-state index in [9.17, 15) is 13.5 Å². The van der Waals surface area contributed by atoms with Crippen molar-refractivity contribution >= 4 is 10.0 Å². The highest BCUT2D eigenvalue weighted by Crippen LogP contribution is 2.22. The molecule has 3 N–H and O–H groups in total. The van der Waals surface area contributed by atoms with E-state index < -0.39 is 16.1 Å². The molecule has 112 valence electrons. The molecule has 20 heavy (non-hydrogen) atoms. The Morgan fingerprint density at radius 1 is 1.35 bits per heavy atom. The molecule has 1 aliphatic heterocycles. The van der Waals surface area contributed by atoms with Crippen LogP contribution in [-0.4, -0.2) is 50.2 Å². The van der Waals surface area contributed by atoms with E-state index in [2.05, 4.69) is 0 Å². The third-order valence-corrected chi connectivity index (χ3v) is 5.41. The van der Waals surface area contributed by atoms with Crippen LogP contribution in [0.15, 0.2) is 29.2 Å². The minimum Gasteiger partial charge on any atom is -0.497 e. The maximum absolute atomic E-state index is 12.5. The van der Waals surface area contributed by atoms with Crippen LogP contribution < -0.4 is 10.5 Å². The molecule has 2 unspecified atom stereocenters. The molecule has 1 aromatic carbocycles. The van der Waals surface area contributed by atoms with Crippen molar-refractivity contribution in [3.8, 4) is 5.75 Å². The minimum absolute atomic E-state index is 0.0372. The number of benzene rings is 1. The normalized spacial score (nSPS) is 25.1. The number of rotatable bonds is 3. The molecule has 1 aromatic rings. The molecule has 0 bridgehead atoms. The van der Waals surface area contributed by atoms with Crippen LogP contribution in [0.4, 0.5) is 0 Å². The first-order valence-electron chi connectivity index (χ1n) is 6.53. The summed E-state index contributed by atoms with van der Waals surface area (Å²) in [5.41, 5.74) is 5.77. The SMILES string of the molecule is COc1ccc(S(=O)(=O)N2CCCC(N)C(O)C2)cc1. The molecule has 2 rings (SSSR count). The summed E-state index contributed by atoms with van der Waals surface area (Å²) in [6.45, 7) is 0.411. The zero-order valence-electron chi connectivity index (χ0n) is 11.4. The molecule has 0 spiro atoms. The fourth-order valence-electron chi connectivity index (χ4n) is 2.25. The molecule has 1 heterocycles. The predicted octanol–water partition coefficient (Wildman–Crippen LogP) is 0.168. The van der Waals surface area contributed by atoms with E-state index in [0.29, 0.717) is 25.1 Å². The van der Waals surface area contributed by atoms with Crippen LogP contribution in [0.25, 0.3) is 0 Å². The van der Waals surface area contributed by atoms with Gasteiger partial charge in [0.25, 0.3) is 0 Å². The maximum Gasteiger partial charge on any atom is 0.243 e. The van der Waals surface area contributed by atoms with Crippen LogP contribution >= 0.6 is 0 Å². The second-order valence-electron chi connectivity index (χ2n) is 4.91.